The number of amides is 2. The maximum Gasteiger partial charge on any atom is 0.315 e. The summed E-state index contributed by atoms with van der Waals surface area (Å²) < 4.78 is 7.73. The first-order chi connectivity index (χ1) is 12.2. The number of carbonyl (C=O) groups is 1. The zero-order chi connectivity index (χ0) is 17.5. The van der Waals surface area contributed by atoms with Crippen LogP contribution in [0.2, 0.25) is 0 Å². The summed E-state index contributed by atoms with van der Waals surface area (Å²) in [5, 5.41) is 10.2. The van der Waals surface area contributed by atoms with Crippen molar-refractivity contribution in [3.8, 4) is 0 Å². The van der Waals surface area contributed by atoms with Crippen LogP contribution in [0.1, 0.15) is 31.4 Å². The highest BCUT2D eigenvalue weighted by molar-refractivity contribution is 5.74. The van der Waals surface area contributed by atoms with Crippen LogP contribution in [0.15, 0.2) is 48.8 Å². The summed E-state index contributed by atoms with van der Waals surface area (Å²) in [7, 11) is 0. The number of rotatable bonds is 6. The summed E-state index contributed by atoms with van der Waals surface area (Å²) in [6.07, 6.45) is 5.41. The van der Waals surface area contributed by atoms with Crippen molar-refractivity contribution in [2.45, 2.75) is 38.5 Å². The van der Waals surface area contributed by atoms with Crippen LogP contribution < -0.4 is 10.6 Å². The fraction of sp³-hybridized carbons (Fsp3) is 0.474. The quantitative estimate of drug-likeness (QED) is 0.848. The molecule has 134 valence electrons. The molecule has 25 heavy (non-hydrogen) atoms. The van der Waals surface area contributed by atoms with Gasteiger partial charge in [-0.2, -0.15) is 5.10 Å². The van der Waals surface area contributed by atoms with E-state index < -0.39 is 0 Å². The van der Waals surface area contributed by atoms with E-state index in [0.29, 0.717) is 19.1 Å². The summed E-state index contributed by atoms with van der Waals surface area (Å²) in [5.74, 6) is 0.317. The molecule has 3 atom stereocenters. The average molecular weight is 342 g/mol. The van der Waals surface area contributed by atoms with Gasteiger partial charge in [-0.1, -0.05) is 37.3 Å². The number of ether oxygens (including phenoxy) is 1. The van der Waals surface area contributed by atoms with Gasteiger partial charge < -0.3 is 15.4 Å². The number of nitrogens with one attached hydrogen (secondary N) is 2. The van der Waals surface area contributed by atoms with Crippen LogP contribution in [0.3, 0.4) is 0 Å². The maximum absolute atomic E-state index is 12.2. The van der Waals surface area contributed by atoms with Crippen molar-refractivity contribution in [2.75, 3.05) is 13.2 Å². The number of aromatic nitrogens is 2. The second-order valence-corrected chi connectivity index (χ2v) is 6.68. The zero-order valence-corrected chi connectivity index (χ0v) is 14.6. The Morgan fingerprint density at radius 3 is 2.96 bits per heavy atom. The molecule has 2 N–H and O–H groups in total. The SMILES string of the molecule is CC(CNC(=O)NC1CCOC(c2ccccc2)C1)Cn1cccn1. The molecule has 6 heteroatoms. The topological polar surface area (TPSA) is 68.2 Å². The molecule has 0 saturated carbocycles. The molecule has 0 bridgehead atoms. The third-order valence-electron chi connectivity index (χ3n) is 4.46. The normalized spacial score (nSPS) is 21.5. The highest BCUT2D eigenvalue weighted by Crippen LogP contribution is 2.27. The van der Waals surface area contributed by atoms with E-state index in [2.05, 4.69) is 34.8 Å². The number of hydrogen-bond donors (Lipinski definition) is 2. The fourth-order valence-electron chi connectivity index (χ4n) is 3.12. The molecule has 6 nitrogen and oxygen atoms in total. The van der Waals surface area contributed by atoms with Gasteiger partial charge in [0.1, 0.15) is 0 Å². The molecule has 0 radical (unpaired) electrons. The lowest BCUT2D eigenvalue weighted by Crippen LogP contribution is -2.46. The first-order valence-corrected chi connectivity index (χ1v) is 8.89. The van der Waals surface area contributed by atoms with E-state index in [9.17, 15) is 4.79 Å². The molecule has 1 aliphatic rings. The standard InChI is InChI=1S/C19H26N4O2/c1-15(14-23-10-5-9-21-23)13-20-19(24)22-17-8-11-25-18(12-17)16-6-3-2-4-7-16/h2-7,9-10,15,17-18H,8,11-14H2,1H3,(H2,20,22,24). The first-order valence-electron chi connectivity index (χ1n) is 8.89. The molecule has 1 aromatic carbocycles. The van der Waals surface area contributed by atoms with Crippen LogP contribution >= 0.6 is 0 Å². The van der Waals surface area contributed by atoms with Gasteiger partial charge in [0.05, 0.1) is 6.10 Å². The van der Waals surface area contributed by atoms with Crippen molar-refractivity contribution in [1.29, 1.82) is 0 Å². The molecular formula is C19H26N4O2. The van der Waals surface area contributed by atoms with Crippen LogP contribution in [0.4, 0.5) is 4.79 Å². The minimum atomic E-state index is -0.106. The molecule has 2 heterocycles. The van der Waals surface area contributed by atoms with Gasteiger partial charge in [-0.15, -0.1) is 0 Å². The number of hydrogen-bond acceptors (Lipinski definition) is 3. The lowest BCUT2D eigenvalue weighted by atomic mass is 9.97. The molecule has 3 unspecified atom stereocenters. The molecule has 2 amide bonds. The van der Waals surface area contributed by atoms with E-state index >= 15 is 0 Å². The van der Waals surface area contributed by atoms with Crippen LogP contribution in [0.5, 0.6) is 0 Å². The van der Waals surface area contributed by atoms with Crippen LogP contribution in [0, 0.1) is 5.92 Å². The van der Waals surface area contributed by atoms with Gasteiger partial charge in [0.2, 0.25) is 0 Å². The number of urea groups is 1. The Balaban J connectivity index is 1.41. The summed E-state index contributed by atoms with van der Waals surface area (Å²) in [6, 6.07) is 12.1. The molecule has 0 spiro atoms. The van der Waals surface area contributed by atoms with Crippen LogP contribution in [-0.4, -0.2) is 35.0 Å². The second-order valence-electron chi connectivity index (χ2n) is 6.68. The third kappa shape index (κ3) is 5.32. The first kappa shape index (κ1) is 17.5. The number of benzene rings is 1. The van der Waals surface area contributed by atoms with E-state index in [0.717, 1.165) is 19.4 Å². The summed E-state index contributed by atoms with van der Waals surface area (Å²) >= 11 is 0. The lowest BCUT2D eigenvalue weighted by molar-refractivity contribution is 0.00225. The maximum atomic E-state index is 12.2. The highest BCUT2D eigenvalue weighted by atomic mass is 16.5. The Hall–Kier alpha value is -2.34. The lowest BCUT2D eigenvalue weighted by Gasteiger charge is -2.30. The Morgan fingerprint density at radius 1 is 1.36 bits per heavy atom. The molecule has 2 aromatic rings. The molecule has 1 fully saturated rings. The third-order valence-corrected chi connectivity index (χ3v) is 4.46. The minimum Gasteiger partial charge on any atom is -0.373 e. The zero-order valence-electron chi connectivity index (χ0n) is 14.6. The fourth-order valence-corrected chi connectivity index (χ4v) is 3.12. The summed E-state index contributed by atoms with van der Waals surface area (Å²) in [6.45, 7) is 4.18. The smallest absolute Gasteiger partial charge is 0.315 e. The largest absolute Gasteiger partial charge is 0.373 e. The summed E-state index contributed by atoms with van der Waals surface area (Å²) in [5.41, 5.74) is 1.17. The van der Waals surface area contributed by atoms with E-state index in [4.69, 9.17) is 4.74 Å². The van der Waals surface area contributed by atoms with Gasteiger partial charge >= 0.3 is 6.03 Å². The molecule has 1 aliphatic heterocycles. The Morgan fingerprint density at radius 2 is 2.20 bits per heavy atom. The Labute approximate surface area is 148 Å². The second kappa shape index (κ2) is 8.67. The number of carbonyl (C=O) groups excluding carboxylic acids is 1. The predicted molar refractivity (Wildman–Crippen MR) is 96.1 cm³/mol. The minimum absolute atomic E-state index is 0.0546. The molecule has 1 saturated heterocycles. The van der Waals surface area contributed by atoms with E-state index in [-0.39, 0.29) is 18.2 Å². The van der Waals surface area contributed by atoms with Crippen molar-refractivity contribution in [1.82, 2.24) is 20.4 Å². The summed E-state index contributed by atoms with van der Waals surface area (Å²) in [4.78, 5) is 12.2. The Bertz CT molecular complexity index is 645. The van der Waals surface area contributed by atoms with Gasteiger partial charge in [-0.3, -0.25) is 4.68 Å². The van der Waals surface area contributed by atoms with Gasteiger partial charge in [-0.25, -0.2) is 4.79 Å². The molecule has 1 aromatic heterocycles. The van der Waals surface area contributed by atoms with E-state index in [1.165, 1.54) is 5.56 Å². The molecule has 0 aliphatic carbocycles. The van der Waals surface area contributed by atoms with Crippen LogP contribution in [0.25, 0.3) is 0 Å². The highest BCUT2D eigenvalue weighted by Gasteiger charge is 2.25. The van der Waals surface area contributed by atoms with Gasteiger partial charge in [0.25, 0.3) is 0 Å². The average Bonchev–Trinajstić information content (AvgIpc) is 3.14. The van der Waals surface area contributed by atoms with Gasteiger partial charge in [0, 0.05) is 38.1 Å². The van der Waals surface area contributed by atoms with E-state index in [1.54, 1.807) is 6.20 Å². The van der Waals surface area contributed by atoms with Crippen molar-refractivity contribution >= 4 is 6.03 Å². The van der Waals surface area contributed by atoms with Crippen molar-refractivity contribution in [2.24, 2.45) is 5.92 Å². The van der Waals surface area contributed by atoms with Crippen molar-refractivity contribution in [3.05, 3.63) is 54.4 Å². The van der Waals surface area contributed by atoms with Crippen molar-refractivity contribution < 1.29 is 9.53 Å². The molecule has 3 rings (SSSR count). The van der Waals surface area contributed by atoms with Crippen LogP contribution in [-0.2, 0) is 11.3 Å². The van der Waals surface area contributed by atoms with E-state index in [1.807, 2.05) is 35.1 Å². The number of nitrogens with zero attached hydrogens (tertiary/aromatic N) is 2. The van der Waals surface area contributed by atoms with Crippen molar-refractivity contribution in [3.63, 3.8) is 0 Å². The monoisotopic (exact) mass is 342 g/mol. The van der Waals surface area contributed by atoms with Gasteiger partial charge in [0.15, 0.2) is 0 Å². The van der Waals surface area contributed by atoms with Gasteiger partial charge in [-0.05, 0) is 30.4 Å². The Kier molecular flexibility index (Phi) is 6.06. The molecular weight excluding hydrogens is 316 g/mol. The predicted octanol–water partition coefficient (Wildman–Crippen LogP) is 2.74.